The number of pyridine rings is 1. The van der Waals surface area contributed by atoms with Crippen LogP contribution in [0.3, 0.4) is 0 Å². The molecule has 1 aromatic carbocycles. The van der Waals surface area contributed by atoms with Crippen LogP contribution in [-0.4, -0.2) is 41.7 Å². The Hall–Kier alpha value is -2.14. The first-order chi connectivity index (χ1) is 10.0. The molecule has 0 saturated carbocycles. The second-order valence-electron chi connectivity index (χ2n) is 5.27. The van der Waals surface area contributed by atoms with Crippen LogP contribution in [0.4, 0.5) is 0 Å². The van der Waals surface area contributed by atoms with E-state index in [1.54, 1.807) is 14.0 Å². The monoisotopic (exact) mass is 288 g/mol. The number of rotatable bonds is 6. The third-order valence-electron chi connectivity index (χ3n) is 3.40. The molecular formula is C16H20N2O3. The lowest BCUT2D eigenvalue weighted by Crippen LogP contribution is -2.28. The average molecular weight is 288 g/mol. The molecule has 1 atom stereocenters. The van der Waals surface area contributed by atoms with Crippen molar-refractivity contribution in [3.05, 3.63) is 36.0 Å². The fourth-order valence-electron chi connectivity index (χ4n) is 2.30. The van der Waals surface area contributed by atoms with Gasteiger partial charge in [-0.2, -0.15) is 0 Å². The minimum Gasteiger partial charge on any atom is -0.494 e. The summed E-state index contributed by atoms with van der Waals surface area (Å²) in [5.41, 5.74) is 1.73. The first kappa shape index (κ1) is 15.3. The molecule has 0 aliphatic heterocycles. The van der Waals surface area contributed by atoms with Crippen molar-refractivity contribution in [2.24, 2.45) is 5.92 Å². The molecule has 112 valence electrons. The number of aromatic nitrogens is 1. The highest BCUT2D eigenvalue weighted by Gasteiger charge is 2.14. The minimum absolute atomic E-state index is 0.398. The Bertz CT molecular complexity index is 642. The van der Waals surface area contributed by atoms with Crippen LogP contribution in [-0.2, 0) is 11.3 Å². The molecule has 5 nitrogen and oxygen atoms in total. The molecule has 1 heterocycles. The number of ether oxygens (including phenoxy) is 1. The summed E-state index contributed by atoms with van der Waals surface area (Å²) in [7, 11) is 3.53. The molecule has 0 amide bonds. The van der Waals surface area contributed by atoms with E-state index in [-0.39, 0.29) is 0 Å². The van der Waals surface area contributed by atoms with E-state index in [4.69, 9.17) is 9.84 Å². The van der Waals surface area contributed by atoms with E-state index in [1.807, 2.05) is 42.3 Å². The maximum atomic E-state index is 10.9. The van der Waals surface area contributed by atoms with Crippen molar-refractivity contribution < 1.29 is 14.6 Å². The van der Waals surface area contributed by atoms with Gasteiger partial charge in [-0.15, -0.1) is 0 Å². The Morgan fingerprint density at radius 2 is 2.14 bits per heavy atom. The highest BCUT2D eigenvalue weighted by Crippen LogP contribution is 2.23. The smallest absolute Gasteiger partial charge is 0.307 e. The number of aliphatic carboxylic acids is 1. The van der Waals surface area contributed by atoms with Crippen LogP contribution in [0.1, 0.15) is 12.6 Å². The highest BCUT2D eigenvalue weighted by molar-refractivity contribution is 5.84. The largest absolute Gasteiger partial charge is 0.494 e. The Morgan fingerprint density at radius 1 is 1.38 bits per heavy atom. The Balaban J connectivity index is 2.17. The number of hydrogen-bond acceptors (Lipinski definition) is 4. The maximum Gasteiger partial charge on any atom is 0.307 e. The molecule has 2 aromatic rings. The highest BCUT2D eigenvalue weighted by atomic mass is 16.5. The predicted octanol–water partition coefficient (Wildman–Crippen LogP) is 2.40. The lowest BCUT2D eigenvalue weighted by molar-refractivity contribution is -0.141. The minimum atomic E-state index is -0.782. The number of hydrogen-bond donors (Lipinski definition) is 1. The van der Waals surface area contributed by atoms with E-state index in [9.17, 15) is 4.79 Å². The van der Waals surface area contributed by atoms with Crippen molar-refractivity contribution in [2.75, 3.05) is 20.7 Å². The first-order valence-corrected chi connectivity index (χ1v) is 6.85. The first-order valence-electron chi connectivity index (χ1n) is 6.85. The molecule has 0 aliphatic rings. The number of para-hydroxylation sites is 1. The lowest BCUT2D eigenvalue weighted by atomic mass is 10.1. The number of carboxylic acids is 1. The predicted molar refractivity (Wildman–Crippen MR) is 81.4 cm³/mol. The fourth-order valence-corrected chi connectivity index (χ4v) is 2.30. The van der Waals surface area contributed by atoms with E-state index in [0.717, 1.165) is 22.3 Å². The number of fused-ring (bicyclic) bond motifs is 1. The molecule has 2 rings (SSSR count). The lowest BCUT2D eigenvalue weighted by Gasteiger charge is -2.18. The molecule has 1 unspecified atom stereocenters. The molecular weight excluding hydrogens is 268 g/mol. The summed E-state index contributed by atoms with van der Waals surface area (Å²) in [6, 6.07) is 9.78. The molecule has 1 N–H and O–H groups in total. The zero-order chi connectivity index (χ0) is 15.4. The molecule has 0 aliphatic carbocycles. The van der Waals surface area contributed by atoms with Gasteiger partial charge in [0.25, 0.3) is 0 Å². The van der Waals surface area contributed by atoms with Gasteiger partial charge in [0.15, 0.2) is 0 Å². The van der Waals surface area contributed by atoms with Gasteiger partial charge < -0.3 is 9.84 Å². The van der Waals surface area contributed by atoms with Gasteiger partial charge >= 0.3 is 5.97 Å². The van der Waals surface area contributed by atoms with E-state index in [0.29, 0.717) is 13.1 Å². The summed E-state index contributed by atoms with van der Waals surface area (Å²) in [4.78, 5) is 17.5. The van der Waals surface area contributed by atoms with Crippen LogP contribution in [0.15, 0.2) is 30.3 Å². The van der Waals surface area contributed by atoms with Crippen LogP contribution >= 0.6 is 0 Å². The van der Waals surface area contributed by atoms with Gasteiger partial charge in [0.2, 0.25) is 0 Å². The molecule has 0 saturated heterocycles. The SMILES string of the molecule is COc1cccc2ccc(CN(C)CC(C)C(=O)O)nc12. The van der Waals surface area contributed by atoms with E-state index < -0.39 is 11.9 Å². The number of carboxylic acid groups (broad SMARTS) is 1. The van der Waals surface area contributed by atoms with Crippen LogP contribution in [0.25, 0.3) is 10.9 Å². The third kappa shape index (κ3) is 3.70. The van der Waals surface area contributed by atoms with E-state index >= 15 is 0 Å². The Morgan fingerprint density at radius 3 is 2.81 bits per heavy atom. The summed E-state index contributed by atoms with van der Waals surface area (Å²) in [6.45, 7) is 2.79. The summed E-state index contributed by atoms with van der Waals surface area (Å²) in [5, 5.41) is 9.98. The van der Waals surface area contributed by atoms with Gasteiger partial charge in [-0.25, -0.2) is 4.98 Å². The van der Waals surface area contributed by atoms with Crippen molar-refractivity contribution in [1.82, 2.24) is 9.88 Å². The Kier molecular flexibility index (Phi) is 4.75. The molecule has 0 spiro atoms. The number of nitrogens with zero attached hydrogens (tertiary/aromatic N) is 2. The summed E-state index contributed by atoms with van der Waals surface area (Å²) in [6.07, 6.45) is 0. The molecule has 0 fully saturated rings. The zero-order valence-corrected chi connectivity index (χ0v) is 12.5. The standard InChI is InChI=1S/C16H20N2O3/c1-11(16(19)20)9-18(2)10-13-8-7-12-5-4-6-14(21-3)15(12)17-13/h4-8,11H,9-10H2,1-3H3,(H,19,20). The van der Waals surface area contributed by atoms with Gasteiger partial charge in [-0.1, -0.05) is 25.1 Å². The zero-order valence-electron chi connectivity index (χ0n) is 12.5. The second kappa shape index (κ2) is 6.54. The van der Waals surface area contributed by atoms with Gasteiger partial charge in [-0.05, 0) is 19.2 Å². The second-order valence-corrected chi connectivity index (χ2v) is 5.27. The average Bonchev–Trinajstić information content (AvgIpc) is 2.46. The van der Waals surface area contributed by atoms with E-state index in [1.165, 1.54) is 0 Å². The maximum absolute atomic E-state index is 10.9. The summed E-state index contributed by atoms with van der Waals surface area (Å²) < 4.78 is 5.33. The quantitative estimate of drug-likeness (QED) is 0.884. The van der Waals surface area contributed by atoms with Crippen LogP contribution in [0, 0.1) is 5.92 Å². The van der Waals surface area contributed by atoms with Gasteiger partial charge in [0, 0.05) is 18.5 Å². The summed E-state index contributed by atoms with van der Waals surface area (Å²) in [5.74, 6) is -0.434. The van der Waals surface area contributed by atoms with Crippen molar-refractivity contribution in [2.45, 2.75) is 13.5 Å². The number of benzene rings is 1. The van der Waals surface area contributed by atoms with Crippen molar-refractivity contribution in [3.8, 4) is 5.75 Å². The van der Waals surface area contributed by atoms with Gasteiger partial charge in [-0.3, -0.25) is 9.69 Å². The van der Waals surface area contributed by atoms with Crippen LogP contribution in [0.2, 0.25) is 0 Å². The fraction of sp³-hybridized carbons (Fsp3) is 0.375. The third-order valence-corrected chi connectivity index (χ3v) is 3.40. The molecule has 0 radical (unpaired) electrons. The van der Waals surface area contributed by atoms with Gasteiger partial charge in [0.05, 0.1) is 18.7 Å². The molecule has 1 aromatic heterocycles. The topological polar surface area (TPSA) is 62.7 Å². The van der Waals surface area contributed by atoms with Crippen LogP contribution < -0.4 is 4.74 Å². The van der Waals surface area contributed by atoms with Crippen molar-refractivity contribution in [3.63, 3.8) is 0 Å². The molecule has 0 bridgehead atoms. The normalized spacial score (nSPS) is 12.6. The van der Waals surface area contributed by atoms with Crippen molar-refractivity contribution >= 4 is 16.9 Å². The molecule has 5 heteroatoms. The number of methoxy groups -OCH3 is 1. The number of carbonyl (C=O) groups is 1. The summed E-state index contributed by atoms with van der Waals surface area (Å²) >= 11 is 0. The van der Waals surface area contributed by atoms with Gasteiger partial charge in [0.1, 0.15) is 11.3 Å². The van der Waals surface area contributed by atoms with Crippen molar-refractivity contribution in [1.29, 1.82) is 0 Å². The van der Waals surface area contributed by atoms with Crippen LogP contribution in [0.5, 0.6) is 5.75 Å². The molecule has 21 heavy (non-hydrogen) atoms. The Labute approximate surface area is 124 Å². The van der Waals surface area contributed by atoms with E-state index in [2.05, 4.69) is 4.98 Å².